The van der Waals surface area contributed by atoms with Gasteiger partial charge in [-0.1, -0.05) is 35.9 Å². The molecule has 7 nitrogen and oxygen atoms in total. The Morgan fingerprint density at radius 3 is 2.77 bits per heavy atom. The van der Waals surface area contributed by atoms with Crippen LogP contribution in [0.3, 0.4) is 0 Å². The van der Waals surface area contributed by atoms with Crippen molar-refractivity contribution in [2.24, 2.45) is 0 Å². The Kier molecular flexibility index (Phi) is 5.06. The second kappa shape index (κ2) is 7.73. The van der Waals surface area contributed by atoms with E-state index < -0.39 is 12.5 Å². The fourth-order valence-electron chi connectivity index (χ4n) is 3.81. The predicted octanol–water partition coefficient (Wildman–Crippen LogP) is 3.51. The Morgan fingerprint density at radius 2 is 2.00 bits per heavy atom. The van der Waals surface area contributed by atoms with E-state index in [4.69, 9.17) is 25.8 Å². The molecule has 2 aromatic heterocycles. The number of fused-ring (bicyclic) bond motifs is 2. The van der Waals surface area contributed by atoms with E-state index in [0.717, 1.165) is 6.42 Å². The van der Waals surface area contributed by atoms with E-state index >= 15 is 0 Å². The van der Waals surface area contributed by atoms with Crippen LogP contribution in [0.5, 0.6) is 6.01 Å². The van der Waals surface area contributed by atoms with Gasteiger partial charge in [0, 0.05) is 12.2 Å². The van der Waals surface area contributed by atoms with Crippen molar-refractivity contribution in [1.29, 1.82) is 0 Å². The largest absolute Gasteiger partial charge is 0.456 e. The molecule has 2 unspecified atom stereocenters. The number of H-pyrrole nitrogens is 1. The number of hydrogen-bond donors (Lipinski definition) is 2. The van der Waals surface area contributed by atoms with Gasteiger partial charge in [0.15, 0.2) is 11.8 Å². The lowest BCUT2D eigenvalue weighted by Crippen LogP contribution is -2.32. The summed E-state index contributed by atoms with van der Waals surface area (Å²) in [6.07, 6.45) is -4.12. The van der Waals surface area contributed by atoms with Crippen LogP contribution in [-0.4, -0.2) is 58.0 Å². The van der Waals surface area contributed by atoms with Crippen molar-refractivity contribution in [3.05, 3.63) is 40.9 Å². The molecule has 5 rings (SSSR count). The Bertz CT molecular complexity index is 1060. The van der Waals surface area contributed by atoms with Gasteiger partial charge in [0.25, 0.3) is 12.4 Å². The minimum absolute atomic E-state index is 0.0603. The molecule has 3 aromatic rings. The van der Waals surface area contributed by atoms with Crippen molar-refractivity contribution >= 4 is 22.8 Å². The Balaban J connectivity index is 1.40. The highest BCUT2D eigenvalue weighted by Crippen LogP contribution is 2.32. The van der Waals surface area contributed by atoms with E-state index in [0.29, 0.717) is 46.7 Å². The summed E-state index contributed by atoms with van der Waals surface area (Å²) in [5.74, 6) is 0. The number of hydrogen-bond acceptors (Lipinski definition) is 6. The van der Waals surface area contributed by atoms with Crippen LogP contribution in [-0.2, 0) is 9.47 Å². The van der Waals surface area contributed by atoms with E-state index in [1.807, 2.05) is 0 Å². The molecular weight excluding hydrogens is 420 g/mol. The molecule has 30 heavy (non-hydrogen) atoms. The molecule has 2 aliphatic heterocycles. The van der Waals surface area contributed by atoms with Crippen LogP contribution in [0.25, 0.3) is 22.4 Å². The summed E-state index contributed by atoms with van der Waals surface area (Å²) in [6.45, 7) is 1.09. The monoisotopic (exact) mass is 437 g/mol. The molecular formula is C20H18ClF2N3O4. The van der Waals surface area contributed by atoms with E-state index in [1.54, 1.807) is 18.2 Å². The Morgan fingerprint density at radius 1 is 1.20 bits per heavy atom. The third-order valence-electron chi connectivity index (χ3n) is 5.35. The van der Waals surface area contributed by atoms with Crippen molar-refractivity contribution in [2.75, 3.05) is 13.2 Å². The minimum atomic E-state index is -2.86. The molecule has 4 atom stereocenters. The topological polar surface area (TPSA) is 89.5 Å². The molecule has 2 fully saturated rings. The highest BCUT2D eigenvalue weighted by molar-refractivity contribution is 6.33. The molecule has 4 heterocycles. The smallest absolute Gasteiger partial charge is 0.296 e. The molecule has 0 amide bonds. The number of rotatable bonds is 5. The van der Waals surface area contributed by atoms with Gasteiger partial charge in [-0.15, -0.1) is 0 Å². The first-order chi connectivity index (χ1) is 14.5. The standard InChI is InChI=1S/C20H18ClF2N3O4/c21-11-7-12-19(25-15(11)9-1-3-10(4-2-9)16(27)18(22)23)26-20(24-12)30-14-8-29-13-5-6-28-17(13)14/h1-4,7,13-14,16-18,27H,5-6,8H2,(H,24,25,26)/t13-,14?,16?,17+/m1/s1. The van der Waals surface area contributed by atoms with Crippen LogP contribution >= 0.6 is 11.6 Å². The molecule has 10 heteroatoms. The van der Waals surface area contributed by atoms with Gasteiger partial charge in [0.2, 0.25) is 0 Å². The van der Waals surface area contributed by atoms with Gasteiger partial charge in [-0.2, -0.15) is 4.98 Å². The third kappa shape index (κ3) is 3.51. The molecule has 0 spiro atoms. The number of benzene rings is 1. The lowest BCUT2D eigenvalue weighted by Gasteiger charge is -2.15. The van der Waals surface area contributed by atoms with E-state index in [2.05, 4.69) is 15.0 Å². The second-order valence-electron chi connectivity index (χ2n) is 7.29. The van der Waals surface area contributed by atoms with Crippen LogP contribution in [0.1, 0.15) is 18.1 Å². The molecule has 1 aromatic carbocycles. The zero-order chi connectivity index (χ0) is 20.8. The number of imidazole rings is 1. The first-order valence-corrected chi connectivity index (χ1v) is 9.90. The summed E-state index contributed by atoms with van der Waals surface area (Å²) >= 11 is 6.38. The molecule has 2 aliphatic rings. The zero-order valence-electron chi connectivity index (χ0n) is 15.6. The van der Waals surface area contributed by atoms with Crippen LogP contribution < -0.4 is 4.74 Å². The summed E-state index contributed by atoms with van der Waals surface area (Å²) in [5.41, 5.74) is 2.19. The molecule has 2 saturated heterocycles. The third-order valence-corrected chi connectivity index (χ3v) is 5.64. The summed E-state index contributed by atoms with van der Waals surface area (Å²) in [6, 6.07) is 7.99. The SMILES string of the molecule is OC(c1ccc(-c2nc3nc(OC4CO[C@@H]5CCO[C@H]45)[nH]c3cc2Cl)cc1)C(F)F. The number of aromatic amines is 1. The van der Waals surface area contributed by atoms with Gasteiger partial charge in [0.1, 0.15) is 12.2 Å². The van der Waals surface area contributed by atoms with Crippen LogP contribution in [0.2, 0.25) is 5.02 Å². The fraction of sp³-hybridized carbons (Fsp3) is 0.400. The lowest BCUT2D eigenvalue weighted by molar-refractivity contribution is -0.00577. The normalized spacial score (nSPS) is 24.5. The number of aliphatic hydroxyl groups is 1. The van der Waals surface area contributed by atoms with Crippen molar-refractivity contribution in [2.45, 2.75) is 37.3 Å². The number of aliphatic hydroxyl groups excluding tert-OH is 1. The number of alkyl halides is 2. The number of nitrogens with zero attached hydrogens (tertiary/aromatic N) is 2. The quantitative estimate of drug-likeness (QED) is 0.635. The maximum absolute atomic E-state index is 12.7. The van der Waals surface area contributed by atoms with Crippen LogP contribution in [0.4, 0.5) is 8.78 Å². The number of aromatic nitrogens is 3. The average molecular weight is 438 g/mol. The maximum atomic E-state index is 12.7. The summed E-state index contributed by atoms with van der Waals surface area (Å²) < 4.78 is 42.6. The number of ether oxygens (including phenoxy) is 3. The van der Waals surface area contributed by atoms with Gasteiger partial charge in [-0.05, 0) is 18.1 Å². The van der Waals surface area contributed by atoms with E-state index in [9.17, 15) is 13.9 Å². The van der Waals surface area contributed by atoms with Gasteiger partial charge >= 0.3 is 0 Å². The van der Waals surface area contributed by atoms with Crippen molar-refractivity contribution in [3.8, 4) is 17.3 Å². The van der Waals surface area contributed by atoms with Crippen LogP contribution in [0.15, 0.2) is 30.3 Å². The first kappa shape index (κ1) is 19.6. The van der Waals surface area contributed by atoms with E-state index in [1.165, 1.54) is 12.1 Å². The van der Waals surface area contributed by atoms with Crippen molar-refractivity contribution in [1.82, 2.24) is 15.0 Å². The van der Waals surface area contributed by atoms with Gasteiger partial charge < -0.3 is 24.3 Å². The average Bonchev–Trinajstić information content (AvgIpc) is 3.44. The van der Waals surface area contributed by atoms with Crippen molar-refractivity contribution in [3.63, 3.8) is 0 Å². The highest BCUT2D eigenvalue weighted by Gasteiger charge is 2.43. The molecule has 2 N–H and O–H groups in total. The summed E-state index contributed by atoms with van der Waals surface area (Å²) in [4.78, 5) is 11.9. The van der Waals surface area contributed by atoms with Gasteiger partial charge in [-0.3, -0.25) is 0 Å². The lowest BCUT2D eigenvalue weighted by atomic mass is 10.0. The summed E-state index contributed by atoms with van der Waals surface area (Å²) in [7, 11) is 0. The van der Waals surface area contributed by atoms with Crippen LogP contribution in [0, 0.1) is 0 Å². The Labute approximate surface area is 174 Å². The second-order valence-corrected chi connectivity index (χ2v) is 7.69. The van der Waals surface area contributed by atoms with E-state index in [-0.39, 0.29) is 23.9 Å². The maximum Gasteiger partial charge on any atom is 0.296 e. The zero-order valence-corrected chi connectivity index (χ0v) is 16.4. The summed E-state index contributed by atoms with van der Waals surface area (Å²) in [5, 5.41) is 9.86. The van der Waals surface area contributed by atoms with Gasteiger partial charge in [-0.25, -0.2) is 13.8 Å². The first-order valence-electron chi connectivity index (χ1n) is 9.52. The Hall–Kier alpha value is -2.33. The predicted molar refractivity (Wildman–Crippen MR) is 104 cm³/mol. The molecule has 0 bridgehead atoms. The molecule has 158 valence electrons. The molecule has 0 aliphatic carbocycles. The number of pyridine rings is 1. The number of nitrogens with one attached hydrogen (secondary N) is 1. The van der Waals surface area contributed by atoms with Crippen molar-refractivity contribution < 1.29 is 28.1 Å². The molecule has 0 saturated carbocycles. The number of halogens is 3. The molecule has 0 radical (unpaired) electrons. The fourth-order valence-corrected chi connectivity index (χ4v) is 4.07. The van der Waals surface area contributed by atoms with Gasteiger partial charge in [0.05, 0.1) is 28.9 Å². The highest BCUT2D eigenvalue weighted by atomic mass is 35.5. The minimum Gasteiger partial charge on any atom is -0.456 e.